The van der Waals surface area contributed by atoms with Gasteiger partial charge in [-0.25, -0.2) is 10.6 Å². The number of hydrogen-bond acceptors (Lipinski definition) is 7. The predicted molar refractivity (Wildman–Crippen MR) is 100 cm³/mol. The minimum Gasteiger partial charge on any atom is -0.380 e. The summed E-state index contributed by atoms with van der Waals surface area (Å²) in [4.78, 5) is 13.4. The standard InChI is InChI=1S/C18H20F3N7O/c1-4-13(18(19,20)21)10(2)11(3)25-14-5-6-28(9-15(14)26-23)16-8-24-27-17(29)12(16)7-22/h4,8,11,23,25H,2,5-6,9H2,1,3H3,(H,27,29)/b13-4+,26-23?. The smallest absolute Gasteiger partial charge is 0.380 e. The van der Waals surface area contributed by atoms with E-state index in [2.05, 4.69) is 27.2 Å². The average molecular weight is 407 g/mol. The highest BCUT2D eigenvalue weighted by atomic mass is 19.4. The van der Waals surface area contributed by atoms with Crippen LogP contribution < -0.4 is 15.8 Å². The normalized spacial score (nSPS) is 16.3. The SMILES string of the molecule is C=C(/C(=C\C)C(F)(F)F)C(C)NC1=C(N=N)CN(c2cn[nH]c(=O)c2C#N)CC1. The van der Waals surface area contributed by atoms with Crippen molar-refractivity contribution in [1.82, 2.24) is 15.5 Å². The molecule has 3 N–H and O–H groups in total. The van der Waals surface area contributed by atoms with Crippen molar-refractivity contribution in [3.8, 4) is 6.07 Å². The molecule has 0 aromatic carbocycles. The zero-order valence-electron chi connectivity index (χ0n) is 15.9. The van der Waals surface area contributed by atoms with E-state index in [0.717, 1.165) is 6.08 Å². The number of aromatic amines is 1. The lowest BCUT2D eigenvalue weighted by atomic mass is 9.99. The van der Waals surface area contributed by atoms with E-state index in [1.165, 1.54) is 13.1 Å². The third-order valence-corrected chi connectivity index (χ3v) is 4.60. The van der Waals surface area contributed by atoms with Crippen molar-refractivity contribution >= 4 is 5.69 Å². The topological polar surface area (TPSA) is 121 Å². The summed E-state index contributed by atoms with van der Waals surface area (Å²) in [5.41, 5.74) is 6.87. The second kappa shape index (κ2) is 8.72. The zero-order chi connectivity index (χ0) is 21.8. The second-order valence-electron chi connectivity index (χ2n) is 6.37. The van der Waals surface area contributed by atoms with Crippen molar-refractivity contribution in [2.24, 2.45) is 5.11 Å². The molecule has 0 spiro atoms. The maximum absolute atomic E-state index is 13.1. The van der Waals surface area contributed by atoms with Crippen LogP contribution in [0.3, 0.4) is 0 Å². The molecule has 0 fully saturated rings. The summed E-state index contributed by atoms with van der Waals surface area (Å²) in [7, 11) is 0. The largest absolute Gasteiger partial charge is 0.416 e. The van der Waals surface area contributed by atoms with E-state index in [4.69, 9.17) is 5.53 Å². The van der Waals surface area contributed by atoms with E-state index >= 15 is 0 Å². The molecule has 0 radical (unpaired) electrons. The first-order valence-corrected chi connectivity index (χ1v) is 8.65. The number of rotatable bonds is 6. The third kappa shape index (κ3) is 4.71. The maximum atomic E-state index is 13.1. The van der Waals surface area contributed by atoms with Crippen LogP contribution in [0, 0.1) is 16.9 Å². The summed E-state index contributed by atoms with van der Waals surface area (Å²) in [6, 6.07) is 1.09. The molecule has 1 unspecified atom stereocenters. The van der Waals surface area contributed by atoms with Gasteiger partial charge in [-0.1, -0.05) is 12.7 Å². The summed E-state index contributed by atoms with van der Waals surface area (Å²) >= 11 is 0. The van der Waals surface area contributed by atoms with E-state index in [1.54, 1.807) is 11.8 Å². The molecule has 1 aromatic rings. The third-order valence-electron chi connectivity index (χ3n) is 4.60. The summed E-state index contributed by atoms with van der Waals surface area (Å²) in [5.74, 6) is 0. The Morgan fingerprint density at radius 3 is 2.83 bits per heavy atom. The Morgan fingerprint density at radius 2 is 2.28 bits per heavy atom. The van der Waals surface area contributed by atoms with E-state index in [1.807, 2.05) is 6.07 Å². The second-order valence-corrected chi connectivity index (χ2v) is 6.37. The van der Waals surface area contributed by atoms with E-state index in [9.17, 15) is 23.2 Å². The van der Waals surface area contributed by atoms with Crippen LogP contribution in [0.15, 0.2) is 51.3 Å². The molecule has 1 aliphatic rings. The monoisotopic (exact) mass is 407 g/mol. The van der Waals surface area contributed by atoms with Gasteiger partial charge in [0.05, 0.1) is 24.0 Å². The number of nitriles is 1. The molecule has 0 aliphatic carbocycles. The van der Waals surface area contributed by atoms with E-state index in [-0.39, 0.29) is 23.4 Å². The molecule has 154 valence electrons. The number of aromatic nitrogens is 2. The molecule has 1 aliphatic heterocycles. The predicted octanol–water partition coefficient (Wildman–Crippen LogP) is 3.14. The van der Waals surface area contributed by atoms with Gasteiger partial charge in [0.15, 0.2) is 0 Å². The van der Waals surface area contributed by atoms with Gasteiger partial charge in [0.2, 0.25) is 0 Å². The minimum atomic E-state index is -4.51. The number of halogens is 3. The molecular weight excluding hydrogens is 387 g/mol. The molecule has 8 nitrogen and oxygen atoms in total. The fourth-order valence-corrected chi connectivity index (χ4v) is 3.06. The van der Waals surface area contributed by atoms with Gasteiger partial charge in [-0.3, -0.25) is 4.79 Å². The summed E-state index contributed by atoms with van der Waals surface area (Å²) in [6.07, 6.45) is -1.88. The maximum Gasteiger partial charge on any atom is 0.416 e. The fourth-order valence-electron chi connectivity index (χ4n) is 3.06. The molecule has 0 saturated carbocycles. The molecule has 1 aromatic heterocycles. The zero-order valence-corrected chi connectivity index (χ0v) is 15.9. The molecule has 0 bridgehead atoms. The van der Waals surface area contributed by atoms with Crippen LogP contribution in [0.25, 0.3) is 0 Å². The van der Waals surface area contributed by atoms with E-state index < -0.39 is 23.4 Å². The highest BCUT2D eigenvalue weighted by Gasteiger charge is 2.36. The van der Waals surface area contributed by atoms with Gasteiger partial charge in [-0.2, -0.15) is 28.6 Å². The van der Waals surface area contributed by atoms with Gasteiger partial charge >= 0.3 is 6.18 Å². The Morgan fingerprint density at radius 1 is 1.59 bits per heavy atom. The summed E-state index contributed by atoms with van der Waals surface area (Å²) < 4.78 is 39.3. The molecule has 29 heavy (non-hydrogen) atoms. The first-order valence-electron chi connectivity index (χ1n) is 8.65. The highest BCUT2D eigenvalue weighted by molar-refractivity contribution is 5.58. The quantitative estimate of drug-likeness (QED) is 0.494. The average Bonchev–Trinajstić information content (AvgIpc) is 2.67. The van der Waals surface area contributed by atoms with Crippen LogP contribution in [0.5, 0.6) is 0 Å². The van der Waals surface area contributed by atoms with Crippen LogP contribution >= 0.6 is 0 Å². The number of alkyl halides is 3. The number of anilines is 1. The van der Waals surface area contributed by atoms with E-state index in [0.29, 0.717) is 24.4 Å². The number of allylic oxidation sites excluding steroid dienone is 1. The van der Waals surface area contributed by atoms with Crippen LogP contribution in [-0.2, 0) is 0 Å². The summed E-state index contributed by atoms with van der Waals surface area (Å²) in [5, 5.41) is 21.5. The van der Waals surface area contributed by atoms with Crippen molar-refractivity contribution in [3.63, 3.8) is 0 Å². The molecule has 0 amide bonds. The molecule has 2 heterocycles. The van der Waals surface area contributed by atoms with Gasteiger partial charge in [0.25, 0.3) is 5.56 Å². The Kier molecular flexibility index (Phi) is 6.58. The Bertz CT molecular complexity index is 969. The molecular formula is C18H20F3N7O. The van der Waals surface area contributed by atoms with Crippen LogP contribution in [-0.4, -0.2) is 35.5 Å². The van der Waals surface area contributed by atoms with Crippen molar-refractivity contribution in [2.75, 3.05) is 18.0 Å². The van der Waals surface area contributed by atoms with Crippen molar-refractivity contribution < 1.29 is 13.2 Å². The van der Waals surface area contributed by atoms with Gasteiger partial charge < -0.3 is 10.2 Å². The van der Waals surface area contributed by atoms with Crippen LogP contribution in [0.4, 0.5) is 18.9 Å². The van der Waals surface area contributed by atoms with Crippen molar-refractivity contribution in [1.29, 1.82) is 10.8 Å². The molecule has 1 atom stereocenters. The van der Waals surface area contributed by atoms with Crippen LogP contribution in [0.2, 0.25) is 0 Å². The highest BCUT2D eigenvalue weighted by Crippen LogP contribution is 2.32. The lowest BCUT2D eigenvalue weighted by Gasteiger charge is -2.32. The van der Waals surface area contributed by atoms with Gasteiger partial charge in [0, 0.05) is 24.7 Å². The van der Waals surface area contributed by atoms with Gasteiger partial charge in [-0.05, 0) is 19.4 Å². The Hall–Kier alpha value is -3.42. The number of nitrogens with zero attached hydrogens (tertiary/aromatic N) is 4. The van der Waals surface area contributed by atoms with Gasteiger partial charge in [-0.15, -0.1) is 0 Å². The fraction of sp³-hybridized carbons (Fsp3) is 0.389. The number of hydrogen-bond donors (Lipinski definition) is 3. The molecule has 2 rings (SSSR count). The molecule has 11 heteroatoms. The summed E-state index contributed by atoms with van der Waals surface area (Å²) in [6.45, 7) is 6.86. The lowest BCUT2D eigenvalue weighted by molar-refractivity contribution is -0.0898. The first-order chi connectivity index (χ1) is 13.6. The minimum absolute atomic E-state index is 0.0978. The first kappa shape index (κ1) is 21.9. The lowest BCUT2D eigenvalue weighted by Crippen LogP contribution is -2.39. The van der Waals surface area contributed by atoms with Gasteiger partial charge in [0.1, 0.15) is 17.3 Å². The van der Waals surface area contributed by atoms with Crippen molar-refractivity contribution in [2.45, 2.75) is 32.5 Å². The van der Waals surface area contributed by atoms with Crippen molar-refractivity contribution in [3.05, 3.63) is 57.3 Å². The Balaban J connectivity index is 2.25. The Labute approximate surface area is 164 Å². The number of nitrogens with one attached hydrogen (secondary N) is 3. The molecule has 0 saturated heterocycles. The number of H-pyrrole nitrogens is 1. The van der Waals surface area contributed by atoms with Crippen LogP contribution in [0.1, 0.15) is 25.8 Å².